The molecule has 9 heteroatoms. The molecule has 2 atom stereocenters. The lowest BCUT2D eigenvalue weighted by atomic mass is 9.94. The quantitative estimate of drug-likeness (QED) is 0.644. The Balaban J connectivity index is 1.70. The van der Waals surface area contributed by atoms with E-state index in [9.17, 15) is 4.79 Å². The van der Waals surface area contributed by atoms with Crippen LogP contribution in [-0.2, 0) is 0 Å². The van der Waals surface area contributed by atoms with Gasteiger partial charge in [-0.25, -0.2) is 9.97 Å². The zero-order valence-corrected chi connectivity index (χ0v) is 17.0. The first-order valence-corrected chi connectivity index (χ1v) is 9.92. The zero-order valence-electron chi connectivity index (χ0n) is 16.3. The molecule has 29 heavy (non-hydrogen) atoms. The Hall–Kier alpha value is -3.00. The number of carbonyl (C=O) groups excluding carboxylic acids is 1. The Morgan fingerprint density at radius 3 is 2.59 bits per heavy atom. The number of hydrogen-bond acceptors (Lipinski definition) is 7. The number of anilines is 2. The number of nitrogens with one attached hydrogen (secondary N) is 1. The molecule has 0 bridgehead atoms. The van der Waals surface area contributed by atoms with E-state index in [4.69, 9.17) is 11.6 Å². The maximum absolute atomic E-state index is 11.8. The van der Waals surface area contributed by atoms with Crippen LogP contribution in [0, 0.1) is 6.92 Å². The summed E-state index contributed by atoms with van der Waals surface area (Å²) in [5.41, 5.74) is 3.31. The van der Waals surface area contributed by atoms with E-state index in [1.54, 1.807) is 24.8 Å². The molecule has 1 N–H and O–H groups in total. The highest BCUT2D eigenvalue weighted by atomic mass is 35.5. The number of carbonyl (C=O) groups is 1. The lowest BCUT2D eigenvalue weighted by Crippen LogP contribution is -2.50. The molecule has 1 aliphatic rings. The fourth-order valence-electron chi connectivity index (χ4n) is 3.90. The fourth-order valence-corrected chi connectivity index (χ4v) is 4.00. The van der Waals surface area contributed by atoms with Crippen molar-refractivity contribution in [3.05, 3.63) is 53.1 Å². The van der Waals surface area contributed by atoms with Gasteiger partial charge in [0.05, 0.1) is 35.5 Å². The van der Waals surface area contributed by atoms with E-state index < -0.39 is 0 Å². The summed E-state index contributed by atoms with van der Waals surface area (Å²) in [5, 5.41) is 12.5. The molecule has 1 aromatic carbocycles. The van der Waals surface area contributed by atoms with Crippen LogP contribution in [0.5, 0.6) is 0 Å². The van der Waals surface area contributed by atoms with Crippen LogP contribution in [0.1, 0.15) is 35.7 Å². The number of piperidine rings is 1. The highest BCUT2D eigenvalue weighted by molar-refractivity contribution is 6.30. The van der Waals surface area contributed by atoms with Crippen molar-refractivity contribution in [2.24, 2.45) is 0 Å². The standard InChI is InChI=1S/C20H22ClN7O/c1-13-5-6-15(12-29)19(28-24-7-8-25-28)18(13)27-9-3-4-17(14(27)2)26-20-22-10-16(21)11-23-20/h5-8,10-12,14,17H,3-4,9H2,1-2H3,(H,22,23,26)/t14-,17+/m0/s1. The summed E-state index contributed by atoms with van der Waals surface area (Å²) < 4.78 is 0. The summed E-state index contributed by atoms with van der Waals surface area (Å²) in [7, 11) is 0. The molecule has 1 aliphatic heterocycles. The molecule has 2 aromatic heterocycles. The van der Waals surface area contributed by atoms with Crippen molar-refractivity contribution in [1.82, 2.24) is 25.0 Å². The van der Waals surface area contributed by atoms with Gasteiger partial charge in [-0.15, -0.1) is 4.80 Å². The second kappa shape index (κ2) is 8.16. The number of hydrogen-bond donors (Lipinski definition) is 1. The average Bonchev–Trinajstić information content (AvgIpc) is 3.26. The number of aryl methyl sites for hydroxylation is 1. The first kappa shape index (κ1) is 19.3. The van der Waals surface area contributed by atoms with Gasteiger partial charge in [0.25, 0.3) is 0 Å². The molecule has 8 nitrogen and oxygen atoms in total. The molecule has 1 saturated heterocycles. The van der Waals surface area contributed by atoms with Crippen LogP contribution in [-0.4, -0.2) is 49.9 Å². The topological polar surface area (TPSA) is 88.8 Å². The van der Waals surface area contributed by atoms with Crippen LogP contribution in [0.3, 0.4) is 0 Å². The lowest BCUT2D eigenvalue weighted by molar-refractivity contribution is 0.112. The third kappa shape index (κ3) is 3.80. The molecule has 4 rings (SSSR count). The van der Waals surface area contributed by atoms with Gasteiger partial charge in [-0.2, -0.15) is 10.2 Å². The normalized spacial score (nSPS) is 19.2. The van der Waals surface area contributed by atoms with Crippen LogP contribution in [0.4, 0.5) is 11.6 Å². The predicted octanol–water partition coefficient (Wildman–Crippen LogP) is 3.30. The first-order valence-electron chi connectivity index (χ1n) is 9.54. The number of aromatic nitrogens is 5. The number of halogens is 1. The average molecular weight is 412 g/mol. The summed E-state index contributed by atoms with van der Waals surface area (Å²) in [6.07, 6.45) is 9.24. The molecule has 150 valence electrons. The van der Waals surface area contributed by atoms with Crippen LogP contribution in [0.15, 0.2) is 36.9 Å². The molecule has 0 saturated carbocycles. The molecule has 3 heterocycles. The maximum Gasteiger partial charge on any atom is 0.222 e. The summed E-state index contributed by atoms with van der Waals surface area (Å²) in [4.78, 5) is 24.1. The zero-order chi connectivity index (χ0) is 20.4. The second-order valence-corrected chi connectivity index (χ2v) is 7.59. The lowest BCUT2D eigenvalue weighted by Gasteiger charge is -2.42. The third-order valence-corrected chi connectivity index (χ3v) is 5.54. The smallest absolute Gasteiger partial charge is 0.222 e. The van der Waals surface area contributed by atoms with E-state index in [-0.39, 0.29) is 12.1 Å². The molecule has 0 aliphatic carbocycles. The molecular weight excluding hydrogens is 390 g/mol. The van der Waals surface area contributed by atoms with Gasteiger partial charge in [0.15, 0.2) is 6.29 Å². The highest BCUT2D eigenvalue weighted by Gasteiger charge is 2.32. The number of nitrogens with zero attached hydrogens (tertiary/aromatic N) is 6. The van der Waals surface area contributed by atoms with Gasteiger partial charge in [-0.05, 0) is 38.3 Å². The number of aldehydes is 1. The minimum atomic E-state index is 0.137. The van der Waals surface area contributed by atoms with Gasteiger partial charge in [-0.1, -0.05) is 17.7 Å². The monoisotopic (exact) mass is 411 g/mol. The van der Waals surface area contributed by atoms with Gasteiger partial charge in [0.2, 0.25) is 5.95 Å². The SMILES string of the molecule is Cc1ccc(C=O)c(-n2nccn2)c1N1CCC[C@@H](Nc2ncc(Cl)cn2)[C@@H]1C. The van der Waals surface area contributed by atoms with Gasteiger partial charge in [-0.3, -0.25) is 4.79 Å². The molecule has 1 fully saturated rings. The molecule has 0 radical (unpaired) electrons. The molecule has 0 amide bonds. The van der Waals surface area contributed by atoms with Crippen molar-refractivity contribution < 1.29 is 4.79 Å². The minimum absolute atomic E-state index is 0.137. The van der Waals surface area contributed by atoms with Gasteiger partial charge < -0.3 is 10.2 Å². The van der Waals surface area contributed by atoms with Crippen molar-refractivity contribution in [2.45, 2.75) is 38.8 Å². The molecular formula is C20H22ClN7O. The largest absolute Gasteiger partial charge is 0.365 e. The summed E-state index contributed by atoms with van der Waals surface area (Å²) in [6, 6.07) is 4.06. The molecule has 3 aromatic rings. The van der Waals surface area contributed by atoms with E-state index in [0.29, 0.717) is 22.2 Å². The van der Waals surface area contributed by atoms with E-state index in [1.165, 1.54) is 4.80 Å². The van der Waals surface area contributed by atoms with Crippen LogP contribution < -0.4 is 10.2 Å². The summed E-state index contributed by atoms with van der Waals surface area (Å²) >= 11 is 5.89. The predicted molar refractivity (Wildman–Crippen MR) is 112 cm³/mol. The van der Waals surface area contributed by atoms with Crippen molar-refractivity contribution in [2.75, 3.05) is 16.8 Å². The van der Waals surface area contributed by atoms with Crippen molar-refractivity contribution >= 4 is 29.5 Å². The van der Waals surface area contributed by atoms with E-state index in [1.807, 2.05) is 19.1 Å². The van der Waals surface area contributed by atoms with Crippen LogP contribution in [0.25, 0.3) is 5.69 Å². The minimum Gasteiger partial charge on any atom is -0.365 e. The number of rotatable bonds is 5. The summed E-state index contributed by atoms with van der Waals surface area (Å²) in [6.45, 7) is 5.08. The Bertz CT molecular complexity index is 991. The Morgan fingerprint density at radius 2 is 1.90 bits per heavy atom. The third-order valence-electron chi connectivity index (χ3n) is 5.34. The molecule has 0 unspecified atom stereocenters. The molecule has 0 spiro atoms. The highest BCUT2D eigenvalue weighted by Crippen LogP contribution is 2.35. The Morgan fingerprint density at radius 1 is 1.17 bits per heavy atom. The fraction of sp³-hybridized carbons (Fsp3) is 0.350. The van der Waals surface area contributed by atoms with Crippen LogP contribution in [0.2, 0.25) is 5.02 Å². The van der Waals surface area contributed by atoms with Crippen molar-refractivity contribution in [1.29, 1.82) is 0 Å². The van der Waals surface area contributed by atoms with E-state index in [2.05, 4.69) is 37.3 Å². The van der Waals surface area contributed by atoms with Gasteiger partial charge in [0, 0.05) is 24.2 Å². The van der Waals surface area contributed by atoms with Crippen molar-refractivity contribution in [3.8, 4) is 5.69 Å². The summed E-state index contributed by atoms with van der Waals surface area (Å²) in [5.74, 6) is 0.556. The second-order valence-electron chi connectivity index (χ2n) is 7.16. The maximum atomic E-state index is 11.8. The number of benzene rings is 1. The van der Waals surface area contributed by atoms with Crippen molar-refractivity contribution in [3.63, 3.8) is 0 Å². The van der Waals surface area contributed by atoms with Gasteiger partial charge >= 0.3 is 0 Å². The van der Waals surface area contributed by atoms with Crippen LogP contribution >= 0.6 is 11.6 Å². The first-order chi connectivity index (χ1) is 14.1. The van der Waals surface area contributed by atoms with E-state index >= 15 is 0 Å². The van der Waals surface area contributed by atoms with E-state index in [0.717, 1.165) is 36.9 Å². The Labute approximate surface area is 173 Å². The van der Waals surface area contributed by atoms with Gasteiger partial charge in [0.1, 0.15) is 5.69 Å². The Kier molecular flexibility index (Phi) is 5.44.